The minimum atomic E-state index is -4.39. The van der Waals surface area contributed by atoms with Gasteiger partial charge in [-0.1, -0.05) is 29.3 Å². The van der Waals surface area contributed by atoms with Crippen LogP contribution < -0.4 is 0 Å². The Balaban J connectivity index is 2.67. The Kier molecular flexibility index (Phi) is 2.72. The Morgan fingerprint density at radius 3 is 2.38 bits per heavy atom. The van der Waals surface area contributed by atoms with E-state index in [1.54, 1.807) is 0 Å². The van der Waals surface area contributed by atoms with E-state index in [-0.39, 0.29) is 15.7 Å². The molecule has 0 aliphatic rings. The molecule has 84 valence electrons. The summed E-state index contributed by atoms with van der Waals surface area (Å²) in [6.45, 7) is 0. The van der Waals surface area contributed by atoms with Crippen molar-refractivity contribution >= 4 is 34.1 Å². The summed E-state index contributed by atoms with van der Waals surface area (Å²) in [5, 5.41) is 0.727. The number of fused-ring (bicyclic) bond motifs is 1. The van der Waals surface area contributed by atoms with Gasteiger partial charge in [0, 0.05) is 5.39 Å². The molecule has 0 fully saturated rings. The van der Waals surface area contributed by atoms with E-state index in [1.165, 1.54) is 12.1 Å². The highest BCUT2D eigenvalue weighted by atomic mass is 35.5. The van der Waals surface area contributed by atoms with Crippen molar-refractivity contribution in [2.24, 2.45) is 0 Å². The molecule has 0 radical (unpaired) electrons. The van der Waals surface area contributed by atoms with Crippen LogP contribution in [0.15, 0.2) is 24.3 Å². The van der Waals surface area contributed by atoms with E-state index >= 15 is 0 Å². The van der Waals surface area contributed by atoms with Crippen LogP contribution in [0.1, 0.15) is 5.56 Å². The highest BCUT2D eigenvalue weighted by Crippen LogP contribution is 2.32. The number of halogens is 5. The number of hydrogen-bond acceptors (Lipinski definition) is 1. The molecule has 6 heteroatoms. The molecule has 0 aliphatic carbocycles. The van der Waals surface area contributed by atoms with Gasteiger partial charge in [-0.2, -0.15) is 13.2 Å². The maximum absolute atomic E-state index is 12.4. The summed E-state index contributed by atoms with van der Waals surface area (Å²) in [5.74, 6) is 0. The number of pyridine rings is 1. The summed E-state index contributed by atoms with van der Waals surface area (Å²) in [6.07, 6.45) is -4.39. The minimum absolute atomic E-state index is 0.00603. The first kappa shape index (κ1) is 11.5. The fraction of sp³-hybridized carbons (Fsp3) is 0.100. The van der Waals surface area contributed by atoms with E-state index in [1.807, 2.05) is 0 Å². The van der Waals surface area contributed by atoms with Gasteiger partial charge in [-0.15, -0.1) is 0 Å². The zero-order valence-corrected chi connectivity index (χ0v) is 9.16. The fourth-order valence-corrected chi connectivity index (χ4v) is 1.60. The van der Waals surface area contributed by atoms with Crippen LogP contribution >= 0.6 is 23.2 Å². The average Bonchev–Trinajstić information content (AvgIpc) is 2.17. The molecule has 0 spiro atoms. The quantitative estimate of drug-likeness (QED) is 0.637. The topological polar surface area (TPSA) is 12.9 Å². The van der Waals surface area contributed by atoms with Crippen molar-refractivity contribution in [3.8, 4) is 0 Å². The predicted octanol–water partition coefficient (Wildman–Crippen LogP) is 4.56. The smallest absolute Gasteiger partial charge is 0.234 e. The second-order valence-electron chi connectivity index (χ2n) is 3.17. The summed E-state index contributed by atoms with van der Waals surface area (Å²) < 4.78 is 37.2. The zero-order chi connectivity index (χ0) is 11.9. The van der Waals surface area contributed by atoms with E-state index in [2.05, 4.69) is 4.98 Å². The third-order valence-electron chi connectivity index (χ3n) is 2.06. The summed E-state index contributed by atoms with van der Waals surface area (Å²) in [4.78, 5) is 3.78. The fourth-order valence-electron chi connectivity index (χ4n) is 1.29. The first-order valence-corrected chi connectivity index (χ1v) is 4.96. The van der Waals surface area contributed by atoms with Crippen LogP contribution in [0.25, 0.3) is 10.9 Å². The van der Waals surface area contributed by atoms with Crippen molar-refractivity contribution in [2.75, 3.05) is 0 Å². The van der Waals surface area contributed by atoms with Gasteiger partial charge in [-0.3, -0.25) is 0 Å². The average molecular weight is 266 g/mol. The minimum Gasteiger partial charge on any atom is -0.234 e. The van der Waals surface area contributed by atoms with Gasteiger partial charge in [0.25, 0.3) is 0 Å². The maximum Gasteiger partial charge on any atom is 0.416 e. The van der Waals surface area contributed by atoms with E-state index < -0.39 is 11.7 Å². The van der Waals surface area contributed by atoms with Gasteiger partial charge < -0.3 is 0 Å². The molecule has 1 heterocycles. The van der Waals surface area contributed by atoms with Crippen LogP contribution in [0.2, 0.25) is 10.2 Å². The zero-order valence-electron chi connectivity index (χ0n) is 7.65. The van der Waals surface area contributed by atoms with Crippen LogP contribution in [-0.4, -0.2) is 4.98 Å². The monoisotopic (exact) mass is 265 g/mol. The Hall–Kier alpha value is -1.00. The van der Waals surface area contributed by atoms with Crippen LogP contribution in [0.4, 0.5) is 13.2 Å². The third-order valence-corrected chi connectivity index (χ3v) is 2.73. The highest BCUT2D eigenvalue weighted by molar-refractivity contribution is 6.41. The van der Waals surface area contributed by atoms with Crippen LogP contribution in [0, 0.1) is 0 Å². The first-order valence-electron chi connectivity index (χ1n) is 4.21. The first-order chi connectivity index (χ1) is 7.38. The number of benzene rings is 1. The Morgan fingerprint density at radius 2 is 1.75 bits per heavy atom. The van der Waals surface area contributed by atoms with Crippen molar-refractivity contribution in [1.29, 1.82) is 0 Å². The molecule has 0 unspecified atom stereocenters. The lowest BCUT2D eigenvalue weighted by atomic mass is 10.1. The summed E-state index contributed by atoms with van der Waals surface area (Å²) in [5.41, 5.74) is -0.588. The molecule has 0 saturated carbocycles. The lowest BCUT2D eigenvalue weighted by molar-refractivity contribution is -0.137. The van der Waals surface area contributed by atoms with E-state index in [4.69, 9.17) is 23.2 Å². The molecule has 1 nitrogen and oxygen atoms in total. The van der Waals surface area contributed by atoms with Gasteiger partial charge in [0.2, 0.25) is 0 Å². The molecule has 2 rings (SSSR count). The van der Waals surface area contributed by atoms with E-state index in [0.717, 1.165) is 12.1 Å². The lowest BCUT2D eigenvalue weighted by Crippen LogP contribution is -2.04. The molecule has 0 N–H and O–H groups in total. The number of alkyl halides is 3. The molecular formula is C10H4Cl2F3N. The molecule has 0 aliphatic heterocycles. The molecule has 0 saturated heterocycles. The molecule has 0 amide bonds. The SMILES string of the molecule is FC(F)(F)c1ccc2cc(Cl)c(Cl)nc2c1. The van der Waals surface area contributed by atoms with Crippen molar-refractivity contribution in [1.82, 2.24) is 4.98 Å². The Labute approximate surface area is 98.8 Å². The predicted molar refractivity (Wildman–Crippen MR) is 56.8 cm³/mol. The van der Waals surface area contributed by atoms with Gasteiger partial charge in [0.15, 0.2) is 0 Å². The largest absolute Gasteiger partial charge is 0.416 e. The Bertz CT molecular complexity index is 551. The van der Waals surface area contributed by atoms with Crippen LogP contribution in [-0.2, 0) is 6.18 Å². The highest BCUT2D eigenvalue weighted by Gasteiger charge is 2.30. The molecule has 2 aromatic rings. The van der Waals surface area contributed by atoms with Crippen molar-refractivity contribution in [3.05, 3.63) is 40.0 Å². The molecular weight excluding hydrogens is 262 g/mol. The third kappa shape index (κ3) is 2.08. The summed E-state index contributed by atoms with van der Waals surface area (Å²) in [7, 11) is 0. The van der Waals surface area contributed by atoms with Crippen LogP contribution in [0.3, 0.4) is 0 Å². The molecule has 1 aromatic carbocycles. The maximum atomic E-state index is 12.4. The summed E-state index contributed by atoms with van der Waals surface area (Å²) in [6, 6.07) is 4.71. The lowest BCUT2D eigenvalue weighted by Gasteiger charge is -2.07. The van der Waals surface area contributed by atoms with Crippen molar-refractivity contribution in [2.45, 2.75) is 6.18 Å². The van der Waals surface area contributed by atoms with Crippen molar-refractivity contribution in [3.63, 3.8) is 0 Å². The van der Waals surface area contributed by atoms with Gasteiger partial charge in [-0.05, 0) is 18.2 Å². The molecule has 0 bridgehead atoms. The Morgan fingerprint density at radius 1 is 1.06 bits per heavy atom. The second-order valence-corrected chi connectivity index (χ2v) is 3.93. The molecule has 16 heavy (non-hydrogen) atoms. The van der Waals surface area contributed by atoms with Gasteiger partial charge in [0.1, 0.15) is 5.15 Å². The van der Waals surface area contributed by atoms with Crippen molar-refractivity contribution < 1.29 is 13.2 Å². The molecule has 0 atom stereocenters. The van der Waals surface area contributed by atoms with Crippen LogP contribution in [0.5, 0.6) is 0 Å². The number of nitrogens with zero attached hydrogens (tertiary/aromatic N) is 1. The number of rotatable bonds is 0. The van der Waals surface area contributed by atoms with Gasteiger partial charge >= 0.3 is 6.18 Å². The van der Waals surface area contributed by atoms with Gasteiger partial charge in [-0.25, -0.2) is 4.98 Å². The van der Waals surface area contributed by atoms with Gasteiger partial charge in [0.05, 0.1) is 16.1 Å². The molecule has 1 aromatic heterocycles. The normalized spacial score (nSPS) is 12.1. The second kappa shape index (κ2) is 3.79. The standard InChI is InChI=1S/C10H4Cl2F3N/c11-7-3-5-1-2-6(10(13,14)15)4-8(5)16-9(7)12/h1-4H. The summed E-state index contributed by atoms with van der Waals surface area (Å²) >= 11 is 11.3. The van der Waals surface area contributed by atoms with E-state index in [0.29, 0.717) is 5.39 Å². The number of aromatic nitrogens is 1. The van der Waals surface area contributed by atoms with E-state index in [9.17, 15) is 13.2 Å². The number of hydrogen-bond donors (Lipinski definition) is 0.